The average molecular weight is 410 g/mol. The number of nitrogens with zero attached hydrogens (tertiary/aromatic N) is 1. The molecular weight excluding hydrogens is 383 g/mol. The van der Waals surface area contributed by atoms with Crippen molar-refractivity contribution >= 4 is 23.6 Å². The van der Waals surface area contributed by atoms with Crippen molar-refractivity contribution in [1.82, 2.24) is 4.90 Å². The monoisotopic (exact) mass is 410 g/mol. The van der Waals surface area contributed by atoms with Crippen molar-refractivity contribution in [2.24, 2.45) is 0 Å². The van der Waals surface area contributed by atoms with Crippen LogP contribution in [0.3, 0.4) is 0 Å². The van der Waals surface area contributed by atoms with Gasteiger partial charge in [0.2, 0.25) is 11.8 Å². The third-order valence-corrected chi connectivity index (χ3v) is 5.26. The molecule has 2 aromatic rings. The number of rotatable bonds is 7. The van der Waals surface area contributed by atoms with Crippen molar-refractivity contribution in [2.45, 2.75) is 32.8 Å². The van der Waals surface area contributed by atoms with E-state index in [-0.39, 0.29) is 30.3 Å². The lowest BCUT2D eigenvalue weighted by Gasteiger charge is -2.24. The molecule has 1 saturated heterocycles. The normalized spacial score (nSPS) is 16.0. The lowest BCUT2D eigenvalue weighted by atomic mass is 10.1. The summed E-state index contributed by atoms with van der Waals surface area (Å²) in [5.74, 6) is -0.877. The Morgan fingerprint density at radius 1 is 1.20 bits per heavy atom. The number of amides is 2. The summed E-state index contributed by atoms with van der Waals surface area (Å²) in [6.45, 7) is 4.89. The molecule has 0 bridgehead atoms. The minimum atomic E-state index is -0.332. The molecule has 30 heavy (non-hydrogen) atoms. The fraction of sp³-hybridized carbons (Fsp3) is 0.333. The maximum absolute atomic E-state index is 13.1. The van der Waals surface area contributed by atoms with Crippen LogP contribution in [0.1, 0.15) is 29.5 Å². The van der Waals surface area contributed by atoms with Gasteiger partial charge in [0.1, 0.15) is 12.4 Å². The second kappa shape index (κ2) is 10.2. The molecule has 0 spiro atoms. The fourth-order valence-corrected chi connectivity index (χ4v) is 3.36. The van der Waals surface area contributed by atoms with Crippen LogP contribution < -0.4 is 5.32 Å². The number of hydrogen-bond donors (Lipinski definition) is 1. The number of carbonyl (C=O) groups is 2. The topological polar surface area (TPSA) is 58.6 Å². The molecule has 158 valence electrons. The SMILES string of the molecule is Cc1cccc(NC(=O)CN(C[C@H]2CCCO2)C(=O)/C=C/c2ccc(F)cc2)c1C. The molecule has 1 atom stereocenters. The summed E-state index contributed by atoms with van der Waals surface area (Å²) in [6, 6.07) is 11.6. The van der Waals surface area contributed by atoms with Gasteiger partial charge in [0, 0.05) is 24.9 Å². The molecule has 3 rings (SSSR count). The maximum atomic E-state index is 13.1. The number of aryl methyl sites for hydroxylation is 1. The lowest BCUT2D eigenvalue weighted by Crippen LogP contribution is -2.41. The Hall–Kier alpha value is -2.99. The van der Waals surface area contributed by atoms with Crippen LogP contribution in [0.15, 0.2) is 48.5 Å². The molecule has 1 N–H and O–H groups in total. The predicted molar refractivity (Wildman–Crippen MR) is 116 cm³/mol. The van der Waals surface area contributed by atoms with Crippen LogP contribution in [0.2, 0.25) is 0 Å². The highest BCUT2D eigenvalue weighted by atomic mass is 19.1. The summed E-state index contributed by atoms with van der Waals surface area (Å²) < 4.78 is 18.7. The Morgan fingerprint density at radius 3 is 2.67 bits per heavy atom. The van der Waals surface area contributed by atoms with E-state index >= 15 is 0 Å². The van der Waals surface area contributed by atoms with Gasteiger partial charge in [-0.05, 0) is 67.7 Å². The smallest absolute Gasteiger partial charge is 0.247 e. The highest BCUT2D eigenvalue weighted by molar-refractivity contribution is 5.98. The van der Waals surface area contributed by atoms with Gasteiger partial charge >= 0.3 is 0 Å². The van der Waals surface area contributed by atoms with E-state index in [1.54, 1.807) is 18.2 Å². The molecule has 0 radical (unpaired) electrons. The molecular formula is C24H27FN2O3. The van der Waals surface area contributed by atoms with Gasteiger partial charge in [0.15, 0.2) is 0 Å². The molecule has 6 heteroatoms. The summed E-state index contributed by atoms with van der Waals surface area (Å²) in [7, 11) is 0. The fourth-order valence-electron chi connectivity index (χ4n) is 3.36. The van der Waals surface area contributed by atoms with Crippen LogP contribution >= 0.6 is 0 Å². The molecule has 2 aromatic carbocycles. The van der Waals surface area contributed by atoms with E-state index in [0.717, 1.165) is 29.7 Å². The van der Waals surface area contributed by atoms with Gasteiger partial charge in [-0.3, -0.25) is 9.59 Å². The Morgan fingerprint density at radius 2 is 1.97 bits per heavy atom. The molecule has 0 aliphatic carbocycles. The molecule has 0 saturated carbocycles. The Labute approximate surface area is 176 Å². The van der Waals surface area contributed by atoms with Crippen LogP contribution in [-0.2, 0) is 14.3 Å². The molecule has 1 heterocycles. The molecule has 5 nitrogen and oxygen atoms in total. The summed E-state index contributed by atoms with van der Waals surface area (Å²) >= 11 is 0. The first-order valence-electron chi connectivity index (χ1n) is 10.1. The zero-order valence-electron chi connectivity index (χ0n) is 17.4. The van der Waals surface area contributed by atoms with Gasteiger partial charge < -0.3 is 15.0 Å². The molecule has 0 unspecified atom stereocenters. The quantitative estimate of drug-likeness (QED) is 0.699. The zero-order chi connectivity index (χ0) is 21.5. The number of benzene rings is 2. The third-order valence-electron chi connectivity index (χ3n) is 5.26. The van der Waals surface area contributed by atoms with Gasteiger partial charge in [-0.15, -0.1) is 0 Å². The van der Waals surface area contributed by atoms with Crippen molar-refractivity contribution in [3.63, 3.8) is 0 Å². The maximum Gasteiger partial charge on any atom is 0.247 e. The summed E-state index contributed by atoms with van der Waals surface area (Å²) in [6.07, 6.45) is 4.78. The average Bonchev–Trinajstić information content (AvgIpc) is 3.23. The number of ether oxygens (including phenoxy) is 1. The van der Waals surface area contributed by atoms with Crippen molar-refractivity contribution < 1.29 is 18.7 Å². The minimum absolute atomic E-state index is 0.0679. The number of hydrogen-bond acceptors (Lipinski definition) is 3. The van der Waals surface area contributed by atoms with Gasteiger partial charge in [-0.25, -0.2) is 4.39 Å². The Kier molecular flexibility index (Phi) is 7.36. The van der Waals surface area contributed by atoms with Crippen LogP contribution in [0.25, 0.3) is 6.08 Å². The first kappa shape index (κ1) is 21.7. The van der Waals surface area contributed by atoms with E-state index in [1.807, 2.05) is 32.0 Å². The highest BCUT2D eigenvalue weighted by Gasteiger charge is 2.23. The standard InChI is InChI=1S/C24H27FN2O3/c1-17-5-3-7-22(18(17)2)26-23(28)16-27(15-21-6-4-14-30-21)24(29)13-10-19-8-11-20(25)12-9-19/h3,5,7-13,21H,4,6,14-16H2,1-2H3,(H,26,28)/b13-10+/t21-/m1/s1. The van der Waals surface area contributed by atoms with Gasteiger partial charge in [-0.1, -0.05) is 24.3 Å². The summed E-state index contributed by atoms with van der Waals surface area (Å²) in [4.78, 5) is 27.0. The van der Waals surface area contributed by atoms with Gasteiger partial charge in [0.05, 0.1) is 6.10 Å². The largest absolute Gasteiger partial charge is 0.376 e. The minimum Gasteiger partial charge on any atom is -0.376 e. The number of anilines is 1. The molecule has 2 amide bonds. The van der Waals surface area contributed by atoms with E-state index in [4.69, 9.17) is 4.74 Å². The second-order valence-electron chi connectivity index (χ2n) is 7.53. The van der Waals surface area contributed by atoms with E-state index in [1.165, 1.54) is 23.1 Å². The first-order valence-corrected chi connectivity index (χ1v) is 10.1. The summed E-state index contributed by atoms with van der Waals surface area (Å²) in [5.41, 5.74) is 3.54. The van der Waals surface area contributed by atoms with Crippen molar-refractivity contribution in [3.05, 3.63) is 71.0 Å². The first-order chi connectivity index (χ1) is 14.4. The Bertz CT molecular complexity index is 919. The number of halogens is 1. The zero-order valence-corrected chi connectivity index (χ0v) is 17.4. The predicted octanol–water partition coefficient (Wildman–Crippen LogP) is 4.10. The van der Waals surface area contributed by atoms with Gasteiger partial charge in [-0.2, -0.15) is 0 Å². The summed E-state index contributed by atoms with van der Waals surface area (Å²) in [5, 5.41) is 2.90. The highest BCUT2D eigenvalue weighted by Crippen LogP contribution is 2.18. The Balaban J connectivity index is 1.69. The van der Waals surface area contributed by atoms with E-state index in [2.05, 4.69) is 5.32 Å². The third kappa shape index (κ3) is 6.00. The van der Waals surface area contributed by atoms with Crippen LogP contribution in [-0.4, -0.2) is 42.5 Å². The number of nitrogens with one attached hydrogen (secondary N) is 1. The molecule has 1 fully saturated rings. The number of carbonyl (C=O) groups excluding carboxylic acids is 2. The van der Waals surface area contributed by atoms with E-state index in [0.29, 0.717) is 18.7 Å². The van der Waals surface area contributed by atoms with Crippen LogP contribution in [0, 0.1) is 19.7 Å². The molecule has 0 aromatic heterocycles. The van der Waals surface area contributed by atoms with Crippen molar-refractivity contribution in [3.8, 4) is 0 Å². The van der Waals surface area contributed by atoms with Crippen LogP contribution in [0.4, 0.5) is 10.1 Å². The van der Waals surface area contributed by atoms with Crippen LogP contribution in [0.5, 0.6) is 0 Å². The lowest BCUT2D eigenvalue weighted by molar-refractivity contribution is -0.131. The van der Waals surface area contributed by atoms with Crippen molar-refractivity contribution in [1.29, 1.82) is 0 Å². The molecule has 1 aliphatic rings. The van der Waals surface area contributed by atoms with E-state index in [9.17, 15) is 14.0 Å². The molecule has 1 aliphatic heterocycles. The second-order valence-corrected chi connectivity index (χ2v) is 7.53. The van der Waals surface area contributed by atoms with Gasteiger partial charge in [0.25, 0.3) is 0 Å². The van der Waals surface area contributed by atoms with E-state index < -0.39 is 0 Å². The van der Waals surface area contributed by atoms with Crippen molar-refractivity contribution in [2.75, 3.05) is 25.0 Å².